The second kappa shape index (κ2) is 10.2. The molecule has 0 aliphatic carbocycles. The van der Waals surface area contributed by atoms with Gasteiger partial charge in [0, 0.05) is 35.2 Å². The van der Waals surface area contributed by atoms with Crippen LogP contribution in [-0.2, 0) is 25.8 Å². The van der Waals surface area contributed by atoms with Crippen molar-refractivity contribution in [3.8, 4) is 10.4 Å². The molecule has 11 heteroatoms. The van der Waals surface area contributed by atoms with Gasteiger partial charge in [0.05, 0.1) is 18.4 Å². The van der Waals surface area contributed by atoms with Crippen molar-refractivity contribution in [2.24, 2.45) is 0 Å². The smallest absolute Gasteiger partial charge is 0.274 e. The Morgan fingerprint density at radius 2 is 1.91 bits per heavy atom. The number of sulfone groups is 1. The fourth-order valence-corrected chi connectivity index (χ4v) is 7.90. The molecule has 2 amide bonds. The summed E-state index contributed by atoms with van der Waals surface area (Å²) in [6.07, 6.45) is 4.66. The predicted molar refractivity (Wildman–Crippen MR) is 132 cm³/mol. The number of rotatable bonds is 6. The second-order valence-corrected chi connectivity index (χ2v) is 11.9. The number of aryl methyl sites for hydroxylation is 1. The van der Waals surface area contributed by atoms with Crippen LogP contribution in [0.3, 0.4) is 0 Å². The Labute approximate surface area is 207 Å². The van der Waals surface area contributed by atoms with E-state index in [4.69, 9.17) is 0 Å². The number of nitrogens with zero attached hydrogens (tertiary/aromatic N) is 3. The van der Waals surface area contributed by atoms with E-state index >= 15 is 0 Å². The molecule has 1 fully saturated rings. The molecular formula is C24H26N4O5S2. The molecule has 4 rings (SSSR count). The van der Waals surface area contributed by atoms with Crippen LogP contribution in [0.25, 0.3) is 10.4 Å². The van der Waals surface area contributed by atoms with E-state index in [1.54, 1.807) is 11.5 Å². The van der Waals surface area contributed by atoms with Crippen LogP contribution in [0.5, 0.6) is 0 Å². The summed E-state index contributed by atoms with van der Waals surface area (Å²) in [7, 11) is -3.90. The molecule has 3 aromatic rings. The Morgan fingerprint density at radius 3 is 2.57 bits per heavy atom. The Bertz CT molecular complexity index is 1310. The maximum absolute atomic E-state index is 13.7. The average Bonchev–Trinajstić information content (AvgIpc) is 3.34. The third-order valence-corrected chi connectivity index (χ3v) is 10.3. The van der Waals surface area contributed by atoms with Crippen molar-refractivity contribution in [2.75, 3.05) is 18.8 Å². The number of hydrogen-bond acceptors (Lipinski definition) is 8. The largest absolute Gasteiger partial charge is 0.336 e. The van der Waals surface area contributed by atoms with Gasteiger partial charge in [0.25, 0.3) is 5.91 Å². The van der Waals surface area contributed by atoms with Crippen LogP contribution in [0, 0.1) is 0 Å². The Kier molecular flexibility index (Phi) is 7.29. The molecule has 3 heterocycles. The number of nitrogens with one attached hydrogen (secondary N) is 1. The van der Waals surface area contributed by atoms with Crippen LogP contribution in [0.1, 0.15) is 40.7 Å². The van der Waals surface area contributed by atoms with Crippen molar-refractivity contribution in [1.82, 2.24) is 20.3 Å². The zero-order valence-corrected chi connectivity index (χ0v) is 20.8. The predicted octanol–water partition coefficient (Wildman–Crippen LogP) is 2.82. The molecule has 1 unspecified atom stereocenters. The van der Waals surface area contributed by atoms with E-state index in [0.29, 0.717) is 4.88 Å². The standard InChI is InChI=1S/C24H26N4O5S2/c1-2-17-3-5-18(6-4-17)20-7-8-21(34-20)24(15-22(29)27-31)9-12-28(13-14-35(24,32)33)23(30)19-16-25-10-11-26-19/h3-8,10-11,16,31H,2,9,12-15H2,1H3,(H,27,29). The van der Waals surface area contributed by atoms with Gasteiger partial charge in [-0.25, -0.2) is 18.9 Å². The normalized spacial score (nSPS) is 19.7. The van der Waals surface area contributed by atoms with Gasteiger partial charge in [-0.1, -0.05) is 31.2 Å². The van der Waals surface area contributed by atoms with Gasteiger partial charge in [0.1, 0.15) is 10.4 Å². The van der Waals surface area contributed by atoms with E-state index in [9.17, 15) is 23.2 Å². The molecule has 35 heavy (non-hydrogen) atoms. The lowest BCUT2D eigenvalue weighted by Crippen LogP contribution is -2.41. The van der Waals surface area contributed by atoms with E-state index in [-0.39, 0.29) is 31.0 Å². The number of hydroxylamine groups is 1. The van der Waals surface area contributed by atoms with E-state index in [1.165, 1.54) is 40.4 Å². The summed E-state index contributed by atoms with van der Waals surface area (Å²) >= 11 is 1.31. The first kappa shape index (κ1) is 25.0. The molecule has 9 nitrogen and oxygen atoms in total. The SMILES string of the molecule is CCc1ccc(-c2ccc(C3(CC(=O)NO)CCN(C(=O)c4cnccn4)CCS3(=O)=O)s2)cc1. The topological polar surface area (TPSA) is 130 Å². The Hall–Kier alpha value is -3.15. The van der Waals surface area contributed by atoms with Crippen LogP contribution in [0.15, 0.2) is 55.0 Å². The highest BCUT2D eigenvalue weighted by Crippen LogP contribution is 2.45. The van der Waals surface area contributed by atoms with Crippen molar-refractivity contribution >= 4 is 33.0 Å². The van der Waals surface area contributed by atoms with Gasteiger partial charge in [0.2, 0.25) is 5.91 Å². The highest BCUT2D eigenvalue weighted by Gasteiger charge is 2.50. The fourth-order valence-electron chi connectivity index (χ4n) is 4.29. The van der Waals surface area contributed by atoms with Crippen molar-refractivity contribution in [2.45, 2.75) is 30.9 Å². The van der Waals surface area contributed by atoms with Gasteiger partial charge in [-0.15, -0.1) is 11.3 Å². The molecule has 1 aliphatic rings. The van der Waals surface area contributed by atoms with E-state index in [0.717, 1.165) is 16.9 Å². The highest BCUT2D eigenvalue weighted by molar-refractivity contribution is 7.92. The lowest BCUT2D eigenvalue weighted by molar-refractivity contribution is -0.129. The molecule has 1 aromatic carbocycles. The number of aromatic nitrogens is 2. The maximum Gasteiger partial charge on any atom is 0.274 e. The summed E-state index contributed by atoms with van der Waals surface area (Å²) in [5, 5.41) is 9.22. The minimum Gasteiger partial charge on any atom is -0.336 e. The minimum absolute atomic E-state index is 0.00345. The number of carbonyl (C=O) groups excluding carboxylic acids is 2. The van der Waals surface area contributed by atoms with Crippen LogP contribution in [-0.4, -0.2) is 59.1 Å². The second-order valence-electron chi connectivity index (χ2n) is 8.37. The first-order chi connectivity index (χ1) is 16.8. The number of amides is 2. The molecule has 0 spiro atoms. The maximum atomic E-state index is 13.7. The van der Waals surface area contributed by atoms with Crippen LogP contribution in [0.2, 0.25) is 0 Å². The Balaban J connectivity index is 1.71. The zero-order valence-electron chi connectivity index (χ0n) is 19.2. The number of benzene rings is 1. The first-order valence-corrected chi connectivity index (χ1v) is 13.7. The van der Waals surface area contributed by atoms with Crippen LogP contribution < -0.4 is 5.48 Å². The lowest BCUT2D eigenvalue weighted by atomic mass is 9.97. The minimum atomic E-state index is -3.90. The highest BCUT2D eigenvalue weighted by atomic mass is 32.2. The molecule has 1 saturated heterocycles. The monoisotopic (exact) mass is 514 g/mol. The number of carbonyl (C=O) groups is 2. The summed E-state index contributed by atoms with van der Waals surface area (Å²) in [5.41, 5.74) is 3.85. The summed E-state index contributed by atoms with van der Waals surface area (Å²) in [5.74, 6) is -1.54. The van der Waals surface area contributed by atoms with E-state index in [2.05, 4.69) is 16.9 Å². The molecular weight excluding hydrogens is 488 g/mol. The van der Waals surface area contributed by atoms with Gasteiger partial charge in [-0.05, 0) is 36.1 Å². The average molecular weight is 515 g/mol. The summed E-state index contributed by atoms with van der Waals surface area (Å²) in [4.78, 5) is 36.0. The Morgan fingerprint density at radius 1 is 1.14 bits per heavy atom. The van der Waals surface area contributed by atoms with Crippen LogP contribution >= 0.6 is 11.3 Å². The molecule has 0 saturated carbocycles. The molecule has 1 atom stereocenters. The molecule has 2 N–H and O–H groups in total. The van der Waals surface area contributed by atoms with Crippen molar-refractivity contribution < 1.29 is 23.2 Å². The quantitative estimate of drug-likeness (QED) is 0.382. The van der Waals surface area contributed by atoms with E-state index < -0.39 is 32.8 Å². The molecule has 1 aliphatic heterocycles. The zero-order chi connectivity index (χ0) is 25.1. The number of hydrogen-bond donors (Lipinski definition) is 2. The first-order valence-electron chi connectivity index (χ1n) is 11.2. The molecule has 0 radical (unpaired) electrons. The molecule has 2 aromatic heterocycles. The summed E-state index contributed by atoms with van der Waals surface area (Å²) in [6, 6.07) is 11.6. The lowest BCUT2D eigenvalue weighted by Gasteiger charge is -2.30. The van der Waals surface area contributed by atoms with Gasteiger partial charge in [-0.2, -0.15) is 0 Å². The van der Waals surface area contributed by atoms with Crippen LogP contribution in [0.4, 0.5) is 0 Å². The van der Waals surface area contributed by atoms with Gasteiger partial charge < -0.3 is 4.90 Å². The fraction of sp³-hybridized carbons (Fsp3) is 0.333. The van der Waals surface area contributed by atoms with Gasteiger partial charge in [0.15, 0.2) is 9.84 Å². The third-order valence-electron chi connectivity index (χ3n) is 6.35. The molecule has 184 valence electrons. The summed E-state index contributed by atoms with van der Waals surface area (Å²) < 4.78 is 25.8. The van der Waals surface area contributed by atoms with E-state index in [1.807, 2.05) is 30.3 Å². The van der Waals surface area contributed by atoms with Gasteiger partial charge >= 0.3 is 0 Å². The van der Waals surface area contributed by atoms with Crippen molar-refractivity contribution in [1.29, 1.82) is 0 Å². The van der Waals surface area contributed by atoms with Crippen molar-refractivity contribution in [3.05, 3.63) is 71.1 Å². The third kappa shape index (κ3) is 4.97. The van der Waals surface area contributed by atoms with Gasteiger partial charge in [-0.3, -0.25) is 19.8 Å². The molecule has 0 bridgehead atoms. The summed E-state index contributed by atoms with van der Waals surface area (Å²) in [6.45, 7) is 2.15. The van der Waals surface area contributed by atoms with Crippen molar-refractivity contribution in [3.63, 3.8) is 0 Å². The number of thiophene rings is 1.